The molecule has 1 aromatic carbocycles. The maximum absolute atomic E-state index is 12.8. The number of hydrogen-bond donors (Lipinski definition) is 0. The number of amidine groups is 1. The first kappa shape index (κ1) is 15.5. The Balaban J connectivity index is 3.33. The Labute approximate surface area is 112 Å². The van der Waals surface area contributed by atoms with Crippen LogP contribution in [-0.2, 0) is 6.18 Å². The van der Waals surface area contributed by atoms with E-state index in [1.54, 1.807) is 32.0 Å². The molecule has 5 heteroatoms. The fourth-order valence-electron chi connectivity index (χ4n) is 1.48. The van der Waals surface area contributed by atoms with Gasteiger partial charge >= 0.3 is 6.18 Å². The zero-order valence-corrected chi connectivity index (χ0v) is 11.8. The minimum atomic E-state index is -4.35. The van der Waals surface area contributed by atoms with Crippen LogP contribution in [0, 0.1) is 0 Å². The zero-order valence-electron chi connectivity index (χ0n) is 11.8. The molecule has 0 bridgehead atoms. The SMILES string of the molecule is CC(=Nc1cc(C(C)C)cc(C(F)(F)F)c1)N(C)C. The van der Waals surface area contributed by atoms with E-state index in [9.17, 15) is 13.2 Å². The fraction of sp³-hybridized carbons (Fsp3) is 0.500. The molecule has 0 aliphatic heterocycles. The summed E-state index contributed by atoms with van der Waals surface area (Å²) in [5.41, 5.74) is 0.328. The maximum atomic E-state index is 12.8. The second kappa shape index (κ2) is 5.63. The first-order valence-electron chi connectivity index (χ1n) is 6.06. The van der Waals surface area contributed by atoms with E-state index in [0.717, 1.165) is 6.07 Å². The lowest BCUT2D eigenvalue weighted by atomic mass is 9.99. The molecule has 0 unspecified atom stereocenters. The number of benzene rings is 1. The minimum absolute atomic E-state index is 0.0240. The Hall–Kier alpha value is -1.52. The number of halogens is 3. The monoisotopic (exact) mass is 272 g/mol. The predicted molar refractivity (Wildman–Crippen MR) is 72.0 cm³/mol. The normalized spacial score (nSPS) is 13.0. The lowest BCUT2D eigenvalue weighted by Gasteiger charge is -2.15. The number of rotatable bonds is 2. The van der Waals surface area contributed by atoms with Gasteiger partial charge in [0.1, 0.15) is 5.84 Å². The Kier molecular flexibility index (Phi) is 4.61. The molecular weight excluding hydrogens is 253 g/mol. The summed E-state index contributed by atoms with van der Waals surface area (Å²) in [6.45, 7) is 5.48. The van der Waals surface area contributed by atoms with E-state index in [4.69, 9.17) is 0 Å². The summed E-state index contributed by atoms with van der Waals surface area (Å²) in [4.78, 5) is 5.98. The molecule has 1 rings (SSSR count). The van der Waals surface area contributed by atoms with Crippen LogP contribution < -0.4 is 0 Å². The third-order valence-corrected chi connectivity index (χ3v) is 2.87. The van der Waals surface area contributed by atoms with Gasteiger partial charge in [0.05, 0.1) is 11.3 Å². The first-order valence-corrected chi connectivity index (χ1v) is 6.06. The first-order chi connectivity index (χ1) is 8.61. The second-order valence-corrected chi connectivity index (χ2v) is 5.02. The van der Waals surface area contributed by atoms with Crippen LogP contribution in [0.1, 0.15) is 37.8 Å². The smallest absolute Gasteiger partial charge is 0.366 e. The molecule has 2 nitrogen and oxygen atoms in total. The molecule has 106 valence electrons. The molecule has 0 aromatic heterocycles. The Morgan fingerprint density at radius 3 is 2.16 bits per heavy atom. The van der Waals surface area contributed by atoms with E-state index in [1.807, 2.05) is 13.8 Å². The molecule has 0 spiro atoms. The van der Waals surface area contributed by atoms with Crippen LogP contribution in [0.2, 0.25) is 0 Å². The Morgan fingerprint density at radius 1 is 1.16 bits per heavy atom. The van der Waals surface area contributed by atoms with E-state index in [0.29, 0.717) is 17.1 Å². The van der Waals surface area contributed by atoms with E-state index in [1.165, 1.54) is 6.07 Å². The van der Waals surface area contributed by atoms with Crippen LogP contribution in [0.3, 0.4) is 0 Å². The van der Waals surface area contributed by atoms with Crippen molar-refractivity contribution in [3.8, 4) is 0 Å². The minimum Gasteiger partial charge on any atom is -0.366 e. The van der Waals surface area contributed by atoms with Crippen LogP contribution in [0.4, 0.5) is 18.9 Å². The molecule has 0 amide bonds. The third kappa shape index (κ3) is 4.26. The van der Waals surface area contributed by atoms with E-state index >= 15 is 0 Å². The van der Waals surface area contributed by atoms with Crippen molar-refractivity contribution in [3.63, 3.8) is 0 Å². The highest BCUT2D eigenvalue weighted by Gasteiger charge is 2.31. The maximum Gasteiger partial charge on any atom is 0.416 e. The molecule has 0 atom stereocenters. The van der Waals surface area contributed by atoms with Gasteiger partial charge in [0.25, 0.3) is 0 Å². The van der Waals surface area contributed by atoms with E-state index < -0.39 is 11.7 Å². The average molecular weight is 272 g/mol. The quantitative estimate of drug-likeness (QED) is 0.574. The lowest BCUT2D eigenvalue weighted by Crippen LogP contribution is -2.17. The van der Waals surface area contributed by atoms with Gasteiger partial charge in [0, 0.05) is 14.1 Å². The van der Waals surface area contributed by atoms with Crippen molar-refractivity contribution in [2.24, 2.45) is 4.99 Å². The summed E-state index contributed by atoms with van der Waals surface area (Å²) in [5.74, 6) is 0.685. The summed E-state index contributed by atoms with van der Waals surface area (Å²) in [5, 5.41) is 0. The molecular formula is C14H19F3N2. The standard InChI is InChI=1S/C14H19F3N2/c1-9(2)11-6-12(14(15,16)17)8-13(7-11)18-10(3)19(4)5/h6-9H,1-5H3. The van der Waals surface area contributed by atoms with Crippen molar-refractivity contribution in [1.82, 2.24) is 4.90 Å². The van der Waals surface area contributed by atoms with Gasteiger partial charge in [0.15, 0.2) is 0 Å². The molecule has 19 heavy (non-hydrogen) atoms. The van der Waals surface area contributed by atoms with Crippen LogP contribution in [0.25, 0.3) is 0 Å². The number of aliphatic imine (C=N–C) groups is 1. The Bertz CT molecular complexity index is 474. The lowest BCUT2D eigenvalue weighted by molar-refractivity contribution is -0.137. The number of nitrogens with zero attached hydrogens (tertiary/aromatic N) is 2. The highest BCUT2D eigenvalue weighted by Crippen LogP contribution is 2.34. The summed E-state index contributed by atoms with van der Waals surface area (Å²) in [6, 6.07) is 3.97. The van der Waals surface area contributed by atoms with Crippen molar-refractivity contribution < 1.29 is 13.2 Å². The summed E-state index contributed by atoms with van der Waals surface area (Å²) in [6.07, 6.45) is -4.35. The van der Waals surface area contributed by atoms with Gasteiger partial charge in [-0.25, -0.2) is 4.99 Å². The molecule has 0 fully saturated rings. The molecule has 1 aromatic rings. The predicted octanol–water partition coefficient (Wildman–Crippen LogP) is 4.44. The van der Waals surface area contributed by atoms with Gasteiger partial charge in [-0.05, 0) is 36.6 Å². The highest BCUT2D eigenvalue weighted by molar-refractivity contribution is 5.82. The van der Waals surface area contributed by atoms with Gasteiger partial charge < -0.3 is 4.90 Å². The van der Waals surface area contributed by atoms with Gasteiger partial charge in [0.2, 0.25) is 0 Å². The van der Waals surface area contributed by atoms with E-state index in [-0.39, 0.29) is 5.92 Å². The molecule has 0 saturated carbocycles. The van der Waals surface area contributed by atoms with Crippen LogP contribution in [0.5, 0.6) is 0 Å². The number of hydrogen-bond acceptors (Lipinski definition) is 1. The van der Waals surface area contributed by atoms with E-state index in [2.05, 4.69) is 4.99 Å². The summed E-state index contributed by atoms with van der Waals surface area (Å²) >= 11 is 0. The molecule has 0 aliphatic rings. The van der Waals surface area contributed by atoms with Crippen molar-refractivity contribution in [2.75, 3.05) is 14.1 Å². The van der Waals surface area contributed by atoms with Gasteiger partial charge in [-0.2, -0.15) is 13.2 Å². The van der Waals surface area contributed by atoms with Crippen molar-refractivity contribution in [2.45, 2.75) is 32.9 Å². The highest BCUT2D eigenvalue weighted by atomic mass is 19.4. The molecule has 0 aliphatic carbocycles. The van der Waals surface area contributed by atoms with Gasteiger partial charge in [-0.1, -0.05) is 13.8 Å². The second-order valence-electron chi connectivity index (χ2n) is 5.02. The topological polar surface area (TPSA) is 15.6 Å². The third-order valence-electron chi connectivity index (χ3n) is 2.87. The Morgan fingerprint density at radius 2 is 1.74 bits per heavy atom. The van der Waals surface area contributed by atoms with Gasteiger partial charge in [-0.3, -0.25) is 0 Å². The van der Waals surface area contributed by atoms with Crippen molar-refractivity contribution in [3.05, 3.63) is 29.3 Å². The van der Waals surface area contributed by atoms with Crippen LogP contribution in [0.15, 0.2) is 23.2 Å². The molecule has 0 radical (unpaired) electrons. The van der Waals surface area contributed by atoms with Crippen LogP contribution in [-0.4, -0.2) is 24.8 Å². The van der Waals surface area contributed by atoms with Crippen LogP contribution >= 0.6 is 0 Å². The largest absolute Gasteiger partial charge is 0.416 e. The average Bonchev–Trinajstić information content (AvgIpc) is 2.27. The molecule has 0 N–H and O–H groups in total. The molecule has 0 heterocycles. The van der Waals surface area contributed by atoms with Gasteiger partial charge in [-0.15, -0.1) is 0 Å². The molecule has 0 saturated heterocycles. The summed E-state index contributed by atoms with van der Waals surface area (Å²) in [7, 11) is 3.60. The van der Waals surface area contributed by atoms with Crippen molar-refractivity contribution in [1.29, 1.82) is 0 Å². The van der Waals surface area contributed by atoms with Crippen molar-refractivity contribution >= 4 is 11.5 Å². The zero-order chi connectivity index (χ0) is 14.8. The summed E-state index contributed by atoms with van der Waals surface area (Å²) < 4.78 is 38.5. The fourth-order valence-corrected chi connectivity index (χ4v) is 1.48. The number of alkyl halides is 3.